The van der Waals surface area contributed by atoms with Crippen molar-refractivity contribution in [1.29, 1.82) is 0 Å². The van der Waals surface area contributed by atoms with Crippen LogP contribution >= 0.6 is 11.8 Å². The fraction of sp³-hybridized carbons (Fsp3) is 0.462. The first-order chi connectivity index (χ1) is 9.46. The van der Waals surface area contributed by atoms with Crippen molar-refractivity contribution in [2.75, 3.05) is 24.2 Å². The van der Waals surface area contributed by atoms with Crippen LogP contribution in [0, 0.1) is 5.92 Å². The molecule has 1 heterocycles. The van der Waals surface area contributed by atoms with Crippen molar-refractivity contribution < 1.29 is 18.0 Å². The van der Waals surface area contributed by atoms with Gasteiger partial charge in [-0.05, 0) is 29.8 Å². The van der Waals surface area contributed by atoms with E-state index in [9.17, 15) is 18.0 Å². The van der Waals surface area contributed by atoms with Gasteiger partial charge in [-0.3, -0.25) is 4.79 Å². The number of hydrogen-bond acceptors (Lipinski definition) is 3. The van der Waals surface area contributed by atoms with Crippen molar-refractivity contribution in [3.63, 3.8) is 0 Å². The second-order valence-electron chi connectivity index (χ2n) is 4.52. The van der Waals surface area contributed by atoms with Gasteiger partial charge in [-0.15, -0.1) is 0 Å². The van der Waals surface area contributed by atoms with Gasteiger partial charge in [0.15, 0.2) is 0 Å². The minimum atomic E-state index is -4.24. The molecule has 2 N–H and O–H groups in total. The monoisotopic (exact) mass is 304 g/mol. The Bertz CT molecular complexity index is 479. The molecule has 0 bridgehead atoms. The quantitative estimate of drug-likeness (QED) is 0.840. The SMILES string of the molecule is O=C(NCCSC(F)(F)F)C1CNc2ccccc2C1. The Morgan fingerprint density at radius 2 is 2.15 bits per heavy atom. The number of carbonyl (C=O) groups excluding carboxylic acids is 1. The molecule has 20 heavy (non-hydrogen) atoms. The molecule has 1 amide bonds. The molecule has 1 aromatic rings. The molecule has 7 heteroatoms. The third kappa shape index (κ3) is 4.33. The molecule has 0 aliphatic carbocycles. The number of rotatable bonds is 4. The van der Waals surface area contributed by atoms with Gasteiger partial charge in [-0.2, -0.15) is 13.2 Å². The Hall–Kier alpha value is -1.37. The maximum absolute atomic E-state index is 11.9. The number of benzene rings is 1. The summed E-state index contributed by atoms with van der Waals surface area (Å²) in [4.78, 5) is 11.9. The Labute approximate surface area is 119 Å². The van der Waals surface area contributed by atoms with Gasteiger partial charge in [0.25, 0.3) is 0 Å². The molecule has 0 radical (unpaired) electrons. The zero-order valence-electron chi connectivity index (χ0n) is 10.7. The first kappa shape index (κ1) is 15.0. The fourth-order valence-electron chi connectivity index (χ4n) is 2.11. The second-order valence-corrected chi connectivity index (χ2v) is 5.68. The predicted octanol–water partition coefficient (Wildman–Crippen LogP) is 2.64. The van der Waals surface area contributed by atoms with E-state index in [0.717, 1.165) is 11.3 Å². The molecular formula is C13H15F3N2OS. The van der Waals surface area contributed by atoms with Crippen LogP contribution in [0.5, 0.6) is 0 Å². The van der Waals surface area contributed by atoms with Crippen LogP contribution in [-0.4, -0.2) is 30.3 Å². The van der Waals surface area contributed by atoms with Gasteiger partial charge in [0, 0.05) is 24.5 Å². The van der Waals surface area contributed by atoms with E-state index >= 15 is 0 Å². The minimum Gasteiger partial charge on any atom is -0.384 e. The molecule has 0 fully saturated rings. The average molecular weight is 304 g/mol. The molecule has 0 saturated heterocycles. The molecule has 1 aliphatic heterocycles. The van der Waals surface area contributed by atoms with Crippen LogP contribution in [-0.2, 0) is 11.2 Å². The van der Waals surface area contributed by atoms with Gasteiger partial charge in [-0.25, -0.2) is 0 Å². The number of alkyl halides is 3. The number of amides is 1. The van der Waals surface area contributed by atoms with Gasteiger partial charge in [0.05, 0.1) is 5.92 Å². The normalized spacial score (nSPS) is 18.1. The Morgan fingerprint density at radius 1 is 1.40 bits per heavy atom. The van der Waals surface area contributed by atoms with E-state index < -0.39 is 5.51 Å². The average Bonchev–Trinajstić information content (AvgIpc) is 2.42. The topological polar surface area (TPSA) is 41.1 Å². The largest absolute Gasteiger partial charge is 0.441 e. The third-order valence-corrected chi connectivity index (χ3v) is 3.80. The second kappa shape index (κ2) is 6.39. The first-order valence-corrected chi connectivity index (χ1v) is 7.24. The molecule has 0 saturated carbocycles. The van der Waals surface area contributed by atoms with Crippen LogP contribution < -0.4 is 10.6 Å². The van der Waals surface area contributed by atoms with Crippen LogP contribution in [0.4, 0.5) is 18.9 Å². The summed E-state index contributed by atoms with van der Waals surface area (Å²) in [5, 5.41) is 5.72. The van der Waals surface area contributed by atoms with Crippen molar-refractivity contribution in [2.24, 2.45) is 5.92 Å². The molecule has 0 spiro atoms. The molecule has 1 atom stereocenters. The highest BCUT2D eigenvalue weighted by molar-refractivity contribution is 8.00. The number of thioether (sulfide) groups is 1. The number of fused-ring (bicyclic) bond motifs is 1. The van der Waals surface area contributed by atoms with E-state index in [2.05, 4.69) is 10.6 Å². The number of hydrogen-bond donors (Lipinski definition) is 2. The highest BCUT2D eigenvalue weighted by Crippen LogP contribution is 2.29. The standard InChI is InChI=1S/C13H15F3N2OS/c14-13(15,16)20-6-5-17-12(19)10-7-9-3-1-2-4-11(9)18-8-10/h1-4,10,18H,5-8H2,(H,17,19). The summed E-state index contributed by atoms with van der Waals surface area (Å²) in [6.07, 6.45) is 0.613. The maximum atomic E-state index is 11.9. The number of para-hydroxylation sites is 1. The van der Waals surface area contributed by atoms with Crippen LogP contribution in [0.1, 0.15) is 5.56 Å². The van der Waals surface area contributed by atoms with Crippen molar-refractivity contribution in [2.45, 2.75) is 11.9 Å². The van der Waals surface area contributed by atoms with E-state index in [1.54, 1.807) is 0 Å². The molecular weight excluding hydrogens is 289 g/mol. The van der Waals surface area contributed by atoms with Crippen molar-refractivity contribution in [3.8, 4) is 0 Å². The maximum Gasteiger partial charge on any atom is 0.441 e. The molecule has 1 unspecified atom stereocenters. The summed E-state index contributed by atoms with van der Waals surface area (Å²) in [7, 11) is 0. The van der Waals surface area contributed by atoms with E-state index in [0.29, 0.717) is 13.0 Å². The molecule has 2 rings (SSSR count). The van der Waals surface area contributed by atoms with Gasteiger partial charge in [0.1, 0.15) is 0 Å². The first-order valence-electron chi connectivity index (χ1n) is 6.26. The lowest BCUT2D eigenvalue weighted by Crippen LogP contribution is -2.39. The van der Waals surface area contributed by atoms with Crippen LogP contribution in [0.15, 0.2) is 24.3 Å². The van der Waals surface area contributed by atoms with Crippen LogP contribution in [0.25, 0.3) is 0 Å². The summed E-state index contributed by atoms with van der Waals surface area (Å²) in [6.45, 7) is 0.538. The van der Waals surface area contributed by atoms with E-state index in [1.807, 2.05) is 24.3 Å². The number of anilines is 1. The van der Waals surface area contributed by atoms with Crippen LogP contribution in [0.2, 0.25) is 0 Å². The predicted molar refractivity (Wildman–Crippen MR) is 73.6 cm³/mol. The van der Waals surface area contributed by atoms with Gasteiger partial charge < -0.3 is 10.6 Å². The number of halogens is 3. The lowest BCUT2D eigenvalue weighted by atomic mass is 9.93. The van der Waals surface area contributed by atoms with E-state index in [-0.39, 0.29) is 35.9 Å². The number of nitrogens with one attached hydrogen (secondary N) is 2. The van der Waals surface area contributed by atoms with Crippen molar-refractivity contribution in [3.05, 3.63) is 29.8 Å². The molecule has 0 aromatic heterocycles. The molecule has 110 valence electrons. The third-order valence-electron chi connectivity index (χ3n) is 3.06. The highest BCUT2D eigenvalue weighted by Gasteiger charge is 2.28. The summed E-state index contributed by atoms with van der Waals surface area (Å²) >= 11 is -0.120. The molecule has 3 nitrogen and oxygen atoms in total. The van der Waals surface area contributed by atoms with E-state index in [4.69, 9.17) is 0 Å². The highest BCUT2D eigenvalue weighted by atomic mass is 32.2. The fourth-order valence-corrected chi connectivity index (χ4v) is 2.55. The zero-order chi connectivity index (χ0) is 14.6. The Morgan fingerprint density at radius 3 is 2.90 bits per heavy atom. The minimum absolute atomic E-state index is 0.0289. The summed E-state index contributed by atoms with van der Waals surface area (Å²) < 4.78 is 35.8. The summed E-state index contributed by atoms with van der Waals surface area (Å²) in [5.74, 6) is -0.595. The lowest BCUT2D eigenvalue weighted by molar-refractivity contribution is -0.124. The molecule has 1 aromatic carbocycles. The Kier molecular flexibility index (Phi) is 4.80. The number of carbonyl (C=O) groups is 1. The van der Waals surface area contributed by atoms with Crippen molar-refractivity contribution >= 4 is 23.4 Å². The van der Waals surface area contributed by atoms with Gasteiger partial charge in [-0.1, -0.05) is 18.2 Å². The van der Waals surface area contributed by atoms with E-state index in [1.165, 1.54) is 0 Å². The lowest BCUT2D eigenvalue weighted by Gasteiger charge is -2.25. The summed E-state index contributed by atoms with van der Waals surface area (Å²) in [6, 6.07) is 7.71. The van der Waals surface area contributed by atoms with Gasteiger partial charge >= 0.3 is 5.51 Å². The van der Waals surface area contributed by atoms with Crippen LogP contribution in [0.3, 0.4) is 0 Å². The van der Waals surface area contributed by atoms with Crippen molar-refractivity contribution in [1.82, 2.24) is 5.32 Å². The summed E-state index contributed by atoms with van der Waals surface area (Å²) in [5.41, 5.74) is -2.16. The smallest absolute Gasteiger partial charge is 0.384 e. The van der Waals surface area contributed by atoms with Gasteiger partial charge in [0.2, 0.25) is 5.91 Å². The zero-order valence-corrected chi connectivity index (χ0v) is 11.5. The Balaban J connectivity index is 1.77. The molecule has 1 aliphatic rings.